The van der Waals surface area contributed by atoms with Gasteiger partial charge < -0.3 is 10.6 Å². The Kier molecular flexibility index (Phi) is 3.27. The highest BCUT2D eigenvalue weighted by atomic mass is 35.5. The molecule has 1 aliphatic carbocycles. The van der Waals surface area contributed by atoms with E-state index < -0.39 is 0 Å². The summed E-state index contributed by atoms with van der Waals surface area (Å²) in [6.07, 6.45) is 4.70. The zero-order valence-electron chi connectivity index (χ0n) is 10.0. The molecular weight excluding hydrogens is 264 g/mol. The van der Waals surface area contributed by atoms with Crippen molar-refractivity contribution in [3.63, 3.8) is 0 Å². The van der Waals surface area contributed by atoms with Crippen molar-refractivity contribution in [2.75, 3.05) is 0 Å². The van der Waals surface area contributed by atoms with E-state index in [1.54, 1.807) is 0 Å². The molecule has 94 valence electrons. The van der Waals surface area contributed by atoms with Crippen LogP contribution in [0.3, 0.4) is 0 Å². The second-order valence-corrected chi connectivity index (χ2v) is 5.58. The van der Waals surface area contributed by atoms with Crippen molar-refractivity contribution in [2.45, 2.75) is 31.7 Å². The molecular formula is C14H15ClN2S. The van der Waals surface area contributed by atoms with Gasteiger partial charge in [-0.3, -0.25) is 0 Å². The largest absolute Gasteiger partial charge is 0.352 e. The van der Waals surface area contributed by atoms with Crippen LogP contribution >= 0.6 is 23.8 Å². The van der Waals surface area contributed by atoms with E-state index in [0.717, 1.165) is 23.4 Å². The van der Waals surface area contributed by atoms with Crippen LogP contribution in [0.15, 0.2) is 35.5 Å². The number of halogens is 1. The van der Waals surface area contributed by atoms with Gasteiger partial charge in [-0.15, -0.1) is 0 Å². The molecule has 0 spiro atoms. The number of thiocarbonyl (C=S) groups is 1. The topological polar surface area (TPSA) is 24.1 Å². The molecule has 0 amide bonds. The Balaban J connectivity index is 2.05. The highest BCUT2D eigenvalue weighted by Crippen LogP contribution is 2.37. The first-order valence-electron chi connectivity index (χ1n) is 6.29. The summed E-state index contributed by atoms with van der Waals surface area (Å²) < 4.78 is 0. The minimum absolute atomic E-state index is 0.141. The minimum Gasteiger partial charge on any atom is -0.352 e. The highest BCUT2D eigenvalue weighted by molar-refractivity contribution is 7.80. The maximum absolute atomic E-state index is 6.31. The summed E-state index contributed by atoms with van der Waals surface area (Å²) in [4.78, 5) is 0. The van der Waals surface area contributed by atoms with Gasteiger partial charge >= 0.3 is 0 Å². The zero-order chi connectivity index (χ0) is 12.5. The second kappa shape index (κ2) is 4.90. The third-order valence-corrected chi connectivity index (χ3v) is 4.18. The van der Waals surface area contributed by atoms with Crippen molar-refractivity contribution in [1.82, 2.24) is 10.6 Å². The van der Waals surface area contributed by atoms with E-state index >= 15 is 0 Å². The molecule has 0 unspecified atom stereocenters. The number of nitrogens with one attached hydrogen (secondary N) is 2. The van der Waals surface area contributed by atoms with Crippen LogP contribution in [0, 0.1) is 0 Å². The van der Waals surface area contributed by atoms with Crippen LogP contribution < -0.4 is 10.6 Å². The lowest BCUT2D eigenvalue weighted by Gasteiger charge is -2.35. The summed E-state index contributed by atoms with van der Waals surface area (Å²) in [6.45, 7) is 0. The van der Waals surface area contributed by atoms with Crippen LogP contribution in [-0.4, -0.2) is 5.11 Å². The van der Waals surface area contributed by atoms with Gasteiger partial charge in [0.25, 0.3) is 0 Å². The summed E-state index contributed by atoms with van der Waals surface area (Å²) >= 11 is 11.6. The highest BCUT2D eigenvalue weighted by Gasteiger charge is 2.28. The molecule has 2 nitrogen and oxygen atoms in total. The Morgan fingerprint density at radius 2 is 1.94 bits per heavy atom. The zero-order valence-corrected chi connectivity index (χ0v) is 11.6. The number of allylic oxidation sites excluding steroid dienone is 1. The first-order chi connectivity index (χ1) is 8.75. The van der Waals surface area contributed by atoms with Crippen LogP contribution in [0.4, 0.5) is 0 Å². The standard InChI is InChI=1S/C14H15ClN2S/c15-11-7-3-1-5-9(11)13-10-6-2-4-8-12(10)16-14(18)17-13/h1,3,5,7,13H,2,4,6,8H2,(H2,16,17,18)/t13-/m0/s1. The quantitative estimate of drug-likeness (QED) is 0.766. The molecule has 0 aromatic heterocycles. The van der Waals surface area contributed by atoms with Gasteiger partial charge in [-0.1, -0.05) is 29.8 Å². The first-order valence-corrected chi connectivity index (χ1v) is 7.08. The molecule has 1 aromatic rings. The summed E-state index contributed by atoms with van der Waals surface area (Å²) in [6, 6.07) is 8.14. The van der Waals surface area contributed by atoms with E-state index in [1.165, 1.54) is 24.1 Å². The number of hydrogen-bond donors (Lipinski definition) is 2. The normalized spacial score (nSPS) is 23.2. The van der Waals surface area contributed by atoms with E-state index in [0.29, 0.717) is 5.11 Å². The maximum atomic E-state index is 6.31. The lowest BCUT2D eigenvalue weighted by atomic mass is 9.86. The molecule has 1 aromatic carbocycles. The molecule has 1 aliphatic heterocycles. The molecule has 4 heteroatoms. The van der Waals surface area contributed by atoms with E-state index in [-0.39, 0.29) is 6.04 Å². The molecule has 0 radical (unpaired) electrons. The number of benzene rings is 1. The Morgan fingerprint density at radius 1 is 1.17 bits per heavy atom. The number of rotatable bonds is 1. The fraction of sp³-hybridized carbons (Fsp3) is 0.357. The molecule has 0 bridgehead atoms. The van der Waals surface area contributed by atoms with Crippen LogP contribution in [0.25, 0.3) is 0 Å². The van der Waals surface area contributed by atoms with Gasteiger partial charge in [0.1, 0.15) is 0 Å². The van der Waals surface area contributed by atoms with Crippen LogP contribution in [0.5, 0.6) is 0 Å². The van der Waals surface area contributed by atoms with Crippen molar-refractivity contribution >= 4 is 28.9 Å². The van der Waals surface area contributed by atoms with E-state index in [2.05, 4.69) is 16.7 Å². The first kappa shape index (κ1) is 12.0. The van der Waals surface area contributed by atoms with Crippen molar-refractivity contribution in [2.24, 2.45) is 0 Å². The third kappa shape index (κ3) is 2.13. The van der Waals surface area contributed by atoms with Gasteiger partial charge in [-0.05, 0) is 55.1 Å². The molecule has 0 fully saturated rings. The van der Waals surface area contributed by atoms with Gasteiger partial charge in [0.2, 0.25) is 0 Å². The predicted molar refractivity (Wildman–Crippen MR) is 78.6 cm³/mol. The van der Waals surface area contributed by atoms with Gasteiger partial charge in [-0.25, -0.2) is 0 Å². The van der Waals surface area contributed by atoms with Gasteiger partial charge in [0.05, 0.1) is 6.04 Å². The lowest BCUT2D eigenvalue weighted by molar-refractivity contribution is 0.561. The van der Waals surface area contributed by atoms with Crippen molar-refractivity contribution < 1.29 is 0 Å². The van der Waals surface area contributed by atoms with E-state index in [4.69, 9.17) is 23.8 Å². The molecule has 0 saturated heterocycles. The molecule has 2 N–H and O–H groups in total. The van der Waals surface area contributed by atoms with Crippen molar-refractivity contribution in [1.29, 1.82) is 0 Å². The predicted octanol–water partition coefficient (Wildman–Crippen LogP) is 3.69. The van der Waals surface area contributed by atoms with Crippen LogP contribution in [-0.2, 0) is 0 Å². The van der Waals surface area contributed by atoms with Crippen molar-refractivity contribution in [3.05, 3.63) is 46.1 Å². The Morgan fingerprint density at radius 3 is 2.78 bits per heavy atom. The SMILES string of the molecule is S=C1NC2=C(CCCC2)[C@H](c2ccccc2Cl)N1. The van der Waals surface area contributed by atoms with Gasteiger partial charge in [-0.2, -0.15) is 0 Å². The molecule has 1 heterocycles. The van der Waals surface area contributed by atoms with Crippen LogP contribution in [0.2, 0.25) is 5.02 Å². The van der Waals surface area contributed by atoms with Gasteiger partial charge in [0.15, 0.2) is 5.11 Å². The van der Waals surface area contributed by atoms with Gasteiger partial charge in [0, 0.05) is 10.7 Å². The molecule has 1 atom stereocenters. The monoisotopic (exact) mass is 278 g/mol. The summed E-state index contributed by atoms with van der Waals surface area (Å²) in [7, 11) is 0. The maximum Gasteiger partial charge on any atom is 0.171 e. The fourth-order valence-corrected chi connectivity index (χ4v) is 3.24. The second-order valence-electron chi connectivity index (χ2n) is 4.76. The molecule has 0 saturated carbocycles. The lowest BCUT2D eigenvalue weighted by Crippen LogP contribution is -2.44. The van der Waals surface area contributed by atoms with Crippen LogP contribution in [0.1, 0.15) is 37.3 Å². The summed E-state index contributed by atoms with van der Waals surface area (Å²) in [5.74, 6) is 0. The smallest absolute Gasteiger partial charge is 0.171 e. The Bertz CT molecular complexity index is 524. The third-order valence-electron chi connectivity index (χ3n) is 3.62. The van der Waals surface area contributed by atoms with Crippen molar-refractivity contribution in [3.8, 4) is 0 Å². The van der Waals surface area contributed by atoms with E-state index in [9.17, 15) is 0 Å². The fourth-order valence-electron chi connectivity index (χ4n) is 2.76. The average Bonchev–Trinajstić information content (AvgIpc) is 2.38. The Labute approximate surface area is 117 Å². The van der Waals surface area contributed by atoms with E-state index in [1.807, 2.05) is 18.2 Å². The Hall–Kier alpha value is -1.06. The molecule has 3 rings (SSSR count). The summed E-state index contributed by atoms with van der Waals surface area (Å²) in [5, 5.41) is 8.16. The number of hydrogen-bond acceptors (Lipinski definition) is 1. The molecule has 18 heavy (non-hydrogen) atoms. The molecule has 2 aliphatic rings. The summed E-state index contributed by atoms with van der Waals surface area (Å²) in [5.41, 5.74) is 3.84. The average molecular weight is 279 g/mol. The minimum atomic E-state index is 0.141.